The first-order valence-corrected chi connectivity index (χ1v) is 7.81. The molecule has 3 atom stereocenters. The van der Waals surface area contributed by atoms with Crippen molar-refractivity contribution in [2.45, 2.75) is 64.0 Å². The molecule has 1 saturated carbocycles. The van der Waals surface area contributed by atoms with Crippen molar-refractivity contribution >= 4 is 5.97 Å². The van der Waals surface area contributed by atoms with Crippen LogP contribution in [0, 0.1) is 5.92 Å². The van der Waals surface area contributed by atoms with Gasteiger partial charge in [-0.25, -0.2) is 0 Å². The van der Waals surface area contributed by atoms with Gasteiger partial charge in [-0.2, -0.15) is 0 Å². The Labute approximate surface area is 116 Å². The molecular weight excluding hydrogens is 242 g/mol. The van der Waals surface area contributed by atoms with Crippen LogP contribution in [-0.4, -0.2) is 37.9 Å². The molecule has 4 heteroatoms. The molecule has 0 aromatic heterocycles. The van der Waals surface area contributed by atoms with Crippen LogP contribution in [0.2, 0.25) is 0 Å². The predicted octanol–water partition coefficient (Wildman–Crippen LogP) is 2.27. The number of nitrogens with one attached hydrogen (secondary N) is 1. The summed E-state index contributed by atoms with van der Waals surface area (Å²) in [4.78, 5) is 11.8. The number of carbonyl (C=O) groups is 1. The van der Waals surface area contributed by atoms with Crippen molar-refractivity contribution in [1.82, 2.24) is 5.32 Å². The summed E-state index contributed by atoms with van der Waals surface area (Å²) < 4.78 is 10.9. The molecule has 0 radical (unpaired) electrons. The lowest BCUT2D eigenvalue weighted by atomic mass is 9.85. The number of hydrogen-bond acceptors (Lipinski definition) is 4. The highest BCUT2D eigenvalue weighted by Crippen LogP contribution is 2.25. The molecule has 3 unspecified atom stereocenters. The third-order valence-corrected chi connectivity index (χ3v) is 4.20. The zero-order valence-electron chi connectivity index (χ0n) is 12.0. The maximum atomic E-state index is 11.8. The fourth-order valence-corrected chi connectivity index (χ4v) is 3.12. The van der Waals surface area contributed by atoms with E-state index >= 15 is 0 Å². The van der Waals surface area contributed by atoms with Gasteiger partial charge in [0.05, 0.1) is 18.6 Å². The second-order valence-electron chi connectivity index (χ2n) is 5.71. The fraction of sp³-hybridized carbons (Fsp3) is 0.933. The number of esters is 1. The average Bonchev–Trinajstić information content (AvgIpc) is 2.47. The monoisotopic (exact) mass is 269 g/mol. The highest BCUT2D eigenvalue weighted by molar-refractivity contribution is 5.72. The lowest BCUT2D eigenvalue weighted by Crippen LogP contribution is -2.41. The Kier molecular flexibility index (Phi) is 6.11. The van der Waals surface area contributed by atoms with Crippen LogP contribution in [0.3, 0.4) is 0 Å². The van der Waals surface area contributed by atoms with Gasteiger partial charge in [-0.3, -0.25) is 4.79 Å². The second kappa shape index (κ2) is 7.85. The zero-order valence-corrected chi connectivity index (χ0v) is 12.0. The minimum absolute atomic E-state index is 0.0112. The molecule has 0 amide bonds. The number of rotatable bonds is 5. The summed E-state index contributed by atoms with van der Waals surface area (Å²) in [5, 5.41) is 3.59. The van der Waals surface area contributed by atoms with Crippen LogP contribution in [0.4, 0.5) is 0 Å². The maximum absolute atomic E-state index is 11.8. The summed E-state index contributed by atoms with van der Waals surface area (Å²) in [5.41, 5.74) is 0. The van der Waals surface area contributed by atoms with Crippen LogP contribution in [0.5, 0.6) is 0 Å². The second-order valence-corrected chi connectivity index (χ2v) is 5.71. The lowest BCUT2D eigenvalue weighted by Gasteiger charge is -2.31. The molecule has 1 saturated heterocycles. The van der Waals surface area contributed by atoms with Crippen LogP contribution in [0.1, 0.15) is 51.9 Å². The standard InChI is InChI=1S/C15H27NO3/c1-2-18-15(17)12-6-5-7-13(10-12)16-11-14-8-3-4-9-19-14/h12-14,16H,2-11H2,1H3. The first-order chi connectivity index (χ1) is 9.29. The zero-order chi connectivity index (χ0) is 13.5. The van der Waals surface area contributed by atoms with Crippen molar-refractivity contribution in [2.24, 2.45) is 5.92 Å². The van der Waals surface area contributed by atoms with Crippen molar-refractivity contribution in [2.75, 3.05) is 19.8 Å². The van der Waals surface area contributed by atoms with E-state index in [0.717, 1.165) is 32.4 Å². The van der Waals surface area contributed by atoms with Crippen molar-refractivity contribution in [1.29, 1.82) is 0 Å². The summed E-state index contributed by atoms with van der Waals surface area (Å²) in [6, 6.07) is 0.452. The van der Waals surface area contributed by atoms with Gasteiger partial charge in [0.15, 0.2) is 0 Å². The molecular formula is C15H27NO3. The van der Waals surface area contributed by atoms with Gasteiger partial charge in [0.25, 0.3) is 0 Å². The third-order valence-electron chi connectivity index (χ3n) is 4.20. The Hall–Kier alpha value is -0.610. The van der Waals surface area contributed by atoms with E-state index in [1.54, 1.807) is 0 Å². The van der Waals surface area contributed by atoms with E-state index in [-0.39, 0.29) is 11.9 Å². The van der Waals surface area contributed by atoms with Gasteiger partial charge in [-0.05, 0) is 45.4 Å². The highest BCUT2D eigenvalue weighted by atomic mass is 16.5. The summed E-state index contributed by atoms with van der Waals surface area (Å²) in [5.74, 6) is 0.0846. The van der Waals surface area contributed by atoms with Crippen molar-refractivity contribution in [3.8, 4) is 0 Å². The SMILES string of the molecule is CCOC(=O)C1CCCC(NCC2CCCCO2)C1. The Morgan fingerprint density at radius 3 is 2.89 bits per heavy atom. The Morgan fingerprint density at radius 1 is 1.26 bits per heavy atom. The quantitative estimate of drug-likeness (QED) is 0.778. The highest BCUT2D eigenvalue weighted by Gasteiger charge is 2.28. The summed E-state index contributed by atoms with van der Waals surface area (Å²) in [6.45, 7) is 4.20. The van der Waals surface area contributed by atoms with E-state index in [4.69, 9.17) is 9.47 Å². The molecule has 110 valence electrons. The van der Waals surface area contributed by atoms with Crippen LogP contribution in [0.25, 0.3) is 0 Å². The molecule has 1 N–H and O–H groups in total. The molecule has 0 spiro atoms. The van der Waals surface area contributed by atoms with Crippen LogP contribution < -0.4 is 5.32 Å². The normalized spacial score (nSPS) is 31.9. The largest absolute Gasteiger partial charge is 0.466 e. The average molecular weight is 269 g/mol. The van der Waals surface area contributed by atoms with Gasteiger partial charge in [0.1, 0.15) is 0 Å². The van der Waals surface area contributed by atoms with Crippen molar-refractivity contribution in [3.05, 3.63) is 0 Å². The number of hydrogen-bond donors (Lipinski definition) is 1. The minimum atomic E-state index is -0.0112. The first kappa shape index (κ1) is 14.8. The molecule has 2 rings (SSSR count). The fourth-order valence-electron chi connectivity index (χ4n) is 3.12. The summed E-state index contributed by atoms with van der Waals surface area (Å²) in [7, 11) is 0. The first-order valence-electron chi connectivity index (χ1n) is 7.81. The van der Waals surface area contributed by atoms with Gasteiger partial charge in [-0.15, -0.1) is 0 Å². The van der Waals surface area contributed by atoms with Crippen LogP contribution >= 0.6 is 0 Å². The Bertz CT molecular complexity index is 277. The van der Waals surface area contributed by atoms with Gasteiger partial charge in [0.2, 0.25) is 0 Å². The van der Waals surface area contributed by atoms with Crippen molar-refractivity contribution < 1.29 is 14.3 Å². The molecule has 4 nitrogen and oxygen atoms in total. The summed E-state index contributed by atoms with van der Waals surface area (Å²) >= 11 is 0. The van der Waals surface area contributed by atoms with E-state index in [0.29, 0.717) is 18.8 Å². The predicted molar refractivity (Wildman–Crippen MR) is 74.0 cm³/mol. The van der Waals surface area contributed by atoms with Gasteiger partial charge in [-0.1, -0.05) is 6.42 Å². The Balaban J connectivity index is 1.69. The van der Waals surface area contributed by atoms with E-state index in [2.05, 4.69) is 5.32 Å². The third kappa shape index (κ3) is 4.77. The van der Waals surface area contributed by atoms with Gasteiger partial charge >= 0.3 is 5.97 Å². The Morgan fingerprint density at radius 2 is 2.16 bits per heavy atom. The van der Waals surface area contributed by atoms with E-state index in [9.17, 15) is 4.79 Å². The van der Waals surface area contributed by atoms with Crippen molar-refractivity contribution in [3.63, 3.8) is 0 Å². The summed E-state index contributed by atoms with van der Waals surface area (Å²) in [6.07, 6.45) is 8.21. The molecule has 1 aliphatic carbocycles. The van der Waals surface area contributed by atoms with E-state index < -0.39 is 0 Å². The smallest absolute Gasteiger partial charge is 0.308 e. The molecule has 0 bridgehead atoms. The molecule has 1 heterocycles. The maximum Gasteiger partial charge on any atom is 0.308 e. The minimum Gasteiger partial charge on any atom is -0.466 e. The topological polar surface area (TPSA) is 47.6 Å². The van der Waals surface area contributed by atoms with Crippen LogP contribution in [0.15, 0.2) is 0 Å². The van der Waals surface area contributed by atoms with Gasteiger partial charge < -0.3 is 14.8 Å². The number of ether oxygens (including phenoxy) is 2. The molecule has 2 fully saturated rings. The molecule has 1 aliphatic heterocycles. The molecule has 2 aliphatic rings. The van der Waals surface area contributed by atoms with E-state index in [1.807, 2.05) is 6.92 Å². The number of carbonyl (C=O) groups excluding carboxylic acids is 1. The van der Waals surface area contributed by atoms with Gasteiger partial charge in [0, 0.05) is 19.2 Å². The lowest BCUT2D eigenvalue weighted by molar-refractivity contribution is -0.149. The van der Waals surface area contributed by atoms with E-state index in [1.165, 1.54) is 25.7 Å². The molecule has 19 heavy (non-hydrogen) atoms. The molecule has 0 aromatic carbocycles. The molecule has 0 aromatic rings. The van der Waals surface area contributed by atoms with Crippen LogP contribution in [-0.2, 0) is 14.3 Å².